The molecule has 0 radical (unpaired) electrons. The fourth-order valence-corrected chi connectivity index (χ4v) is 4.79. The number of nitrogens with zero attached hydrogens (tertiary/aromatic N) is 4. The van der Waals surface area contributed by atoms with E-state index in [1.807, 2.05) is 0 Å². The smallest absolute Gasteiger partial charge is 0.265 e. The lowest BCUT2D eigenvalue weighted by molar-refractivity contribution is -0.121. The predicted octanol–water partition coefficient (Wildman–Crippen LogP) is 1.99. The minimum atomic E-state index is -3.77. The van der Waals surface area contributed by atoms with E-state index in [1.54, 1.807) is 20.8 Å². The van der Waals surface area contributed by atoms with Crippen LogP contribution in [0.25, 0.3) is 0 Å². The largest absolute Gasteiger partial charge is 0.482 e. The summed E-state index contributed by atoms with van der Waals surface area (Å²) < 4.78 is 37.3. The Hall–Kier alpha value is -2.17. The van der Waals surface area contributed by atoms with E-state index < -0.39 is 10.0 Å². The molecule has 0 saturated carbocycles. The number of sulfonamides is 1. The molecule has 1 aromatic carbocycles. The molecule has 2 aromatic rings. The van der Waals surface area contributed by atoms with Crippen LogP contribution in [-0.4, -0.2) is 48.5 Å². The lowest BCUT2D eigenvalue weighted by Gasteiger charge is -2.29. The van der Waals surface area contributed by atoms with E-state index in [4.69, 9.17) is 20.9 Å². The molecule has 3 rings (SSSR count). The number of anilines is 1. The third-order valence-corrected chi connectivity index (χ3v) is 6.66. The summed E-state index contributed by atoms with van der Waals surface area (Å²) in [5.41, 5.74) is 0.359. The van der Waals surface area contributed by atoms with Crippen LogP contribution in [0, 0.1) is 6.92 Å². The van der Waals surface area contributed by atoms with Crippen molar-refractivity contribution >= 4 is 33.2 Å². The van der Waals surface area contributed by atoms with Crippen molar-refractivity contribution < 1.29 is 22.5 Å². The molecule has 1 aliphatic rings. The molecule has 27 heavy (non-hydrogen) atoms. The second kappa shape index (κ2) is 7.45. The van der Waals surface area contributed by atoms with Crippen LogP contribution in [0.3, 0.4) is 0 Å². The summed E-state index contributed by atoms with van der Waals surface area (Å²) in [5.74, 6) is 0.639. The number of aromatic nitrogens is 2. The molecule has 0 saturated heterocycles. The van der Waals surface area contributed by atoms with Gasteiger partial charge in [-0.2, -0.15) is 9.29 Å². The van der Waals surface area contributed by atoms with Gasteiger partial charge in [-0.1, -0.05) is 30.6 Å². The molecule has 1 amide bonds. The molecule has 11 heteroatoms. The topological polar surface area (TPSA) is 106 Å². The summed E-state index contributed by atoms with van der Waals surface area (Å²) in [6.45, 7) is 5.60. The summed E-state index contributed by atoms with van der Waals surface area (Å²) in [4.78, 5) is 17.7. The normalized spacial score (nSPS) is 14.4. The van der Waals surface area contributed by atoms with Crippen molar-refractivity contribution in [3.8, 4) is 5.75 Å². The summed E-state index contributed by atoms with van der Waals surface area (Å²) in [7, 11) is -3.77. The number of ether oxygens (including phenoxy) is 1. The molecule has 1 aromatic heterocycles. The Morgan fingerprint density at radius 3 is 2.59 bits per heavy atom. The van der Waals surface area contributed by atoms with Gasteiger partial charge in [0.25, 0.3) is 5.91 Å². The minimum Gasteiger partial charge on any atom is -0.482 e. The molecule has 9 nitrogen and oxygen atoms in total. The monoisotopic (exact) mass is 414 g/mol. The lowest BCUT2D eigenvalue weighted by Crippen LogP contribution is -2.39. The van der Waals surface area contributed by atoms with Gasteiger partial charge in [0.2, 0.25) is 15.9 Å². The summed E-state index contributed by atoms with van der Waals surface area (Å²) in [6.07, 6.45) is 0. The SMILES string of the molecule is CCN(CC)S(=O)(=O)c1cc2c(cc1Cl)N(Cc1noc(C)n1)C(=O)CO2. The molecule has 2 heterocycles. The second-order valence-electron chi connectivity index (χ2n) is 5.84. The first-order valence-corrected chi connectivity index (χ1v) is 10.2. The third-order valence-electron chi connectivity index (χ3n) is 4.15. The molecule has 0 fully saturated rings. The summed E-state index contributed by atoms with van der Waals surface area (Å²) >= 11 is 6.27. The Morgan fingerprint density at radius 2 is 2.00 bits per heavy atom. The zero-order chi connectivity index (χ0) is 19.8. The van der Waals surface area contributed by atoms with Gasteiger partial charge >= 0.3 is 0 Å². The molecule has 1 aliphatic heterocycles. The van der Waals surface area contributed by atoms with E-state index in [9.17, 15) is 13.2 Å². The lowest BCUT2D eigenvalue weighted by atomic mass is 10.2. The highest BCUT2D eigenvalue weighted by atomic mass is 35.5. The second-order valence-corrected chi connectivity index (χ2v) is 8.15. The number of halogens is 1. The van der Waals surface area contributed by atoms with Gasteiger partial charge in [-0.05, 0) is 6.07 Å². The molecule has 0 unspecified atom stereocenters. The van der Waals surface area contributed by atoms with Gasteiger partial charge in [-0.15, -0.1) is 0 Å². The average molecular weight is 415 g/mol. The molecule has 0 spiro atoms. The van der Waals surface area contributed by atoms with Crippen LogP contribution in [0.5, 0.6) is 5.75 Å². The fraction of sp³-hybridized carbons (Fsp3) is 0.438. The maximum absolute atomic E-state index is 12.8. The van der Waals surface area contributed by atoms with E-state index in [1.165, 1.54) is 21.3 Å². The standard InChI is InChI=1S/C16H19ClN4O5S/c1-4-20(5-2)27(23,24)14-7-13-12(6-11(14)17)21(16(22)9-25-13)8-15-18-10(3)26-19-15/h6-7H,4-5,8-9H2,1-3H3. The zero-order valence-corrected chi connectivity index (χ0v) is 16.7. The van der Waals surface area contributed by atoms with Crippen LogP contribution in [0.2, 0.25) is 5.02 Å². The Balaban J connectivity index is 2.03. The Kier molecular flexibility index (Phi) is 5.41. The minimum absolute atomic E-state index is 0.00763. The van der Waals surface area contributed by atoms with Crippen LogP contribution in [0.15, 0.2) is 21.6 Å². The van der Waals surface area contributed by atoms with Gasteiger partial charge in [0, 0.05) is 26.1 Å². The first kappa shape index (κ1) is 19.6. The molecular weight excluding hydrogens is 396 g/mol. The molecule has 146 valence electrons. The summed E-state index contributed by atoms with van der Waals surface area (Å²) in [5, 5.41) is 3.79. The van der Waals surface area contributed by atoms with E-state index in [-0.39, 0.29) is 34.7 Å². The van der Waals surface area contributed by atoms with Crippen LogP contribution >= 0.6 is 11.6 Å². The molecule has 0 bridgehead atoms. The number of hydrogen-bond acceptors (Lipinski definition) is 7. The molecule has 0 aliphatic carbocycles. The van der Waals surface area contributed by atoms with E-state index in [0.29, 0.717) is 30.5 Å². The van der Waals surface area contributed by atoms with Crippen molar-refractivity contribution in [1.82, 2.24) is 14.4 Å². The molecule has 0 atom stereocenters. The maximum Gasteiger partial charge on any atom is 0.265 e. The number of carbonyl (C=O) groups is 1. The van der Waals surface area contributed by atoms with E-state index >= 15 is 0 Å². The van der Waals surface area contributed by atoms with Gasteiger partial charge in [-0.3, -0.25) is 9.69 Å². The zero-order valence-electron chi connectivity index (χ0n) is 15.1. The van der Waals surface area contributed by atoms with Crippen LogP contribution < -0.4 is 9.64 Å². The van der Waals surface area contributed by atoms with Crippen LogP contribution in [0.4, 0.5) is 5.69 Å². The number of carbonyl (C=O) groups excluding carboxylic acids is 1. The Bertz CT molecular complexity index is 971. The van der Waals surface area contributed by atoms with Crippen molar-refractivity contribution in [2.75, 3.05) is 24.6 Å². The summed E-state index contributed by atoms with van der Waals surface area (Å²) in [6, 6.07) is 2.77. The van der Waals surface area contributed by atoms with Gasteiger partial charge in [0.05, 0.1) is 17.3 Å². The van der Waals surface area contributed by atoms with Gasteiger partial charge in [0.15, 0.2) is 12.4 Å². The van der Waals surface area contributed by atoms with E-state index in [0.717, 1.165) is 0 Å². The van der Waals surface area contributed by atoms with Crippen molar-refractivity contribution in [3.05, 3.63) is 28.9 Å². The van der Waals surface area contributed by atoms with Crippen LogP contribution in [0.1, 0.15) is 25.6 Å². The Morgan fingerprint density at radius 1 is 1.30 bits per heavy atom. The Labute approximate surface area is 161 Å². The first-order valence-electron chi connectivity index (χ1n) is 8.34. The highest BCUT2D eigenvalue weighted by Gasteiger charge is 2.32. The van der Waals surface area contributed by atoms with Crippen molar-refractivity contribution in [3.63, 3.8) is 0 Å². The van der Waals surface area contributed by atoms with Crippen molar-refractivity contribution in [2.24, 2.45) is 0 Å². The quantitative estimate of drug-likeness (QED) is 0.711. The van der Waals surface area contributed by atoms with E-state index in [2.05, 4.69) is 10.1 Å². The van der Waals surface area contributed by atoms with Gasteiger partial charge < -0.3 is 9.26 Å². The van der Waals surface area contributed by atoms with Gasteiger partial charge in [0.1, 0.15) is 10.6 Å². The highest BCUT2D eigenvalue weighted by Crippen LogP contribution is 2.39. The third kappa shape index (κ3) is 3.64. The molecular formula is C16H19ClN4O5S. The van der Waals surface area contributed by atoms with Gasteiger partial charge in [-0.25, -0.2) is 8.42 Å². The average Bonchev–Trinajstić information content (AvgIpc) is 3.03. The number of benzene rings is 1. The number of fused-ring (bicyclic) bond motifs is 1. The van der Waals surface area contributed by atoms with Crippen LogP contribution in [-0.2, 0) is 21.4 Å². The number of hydrogen-bond donors (Lipinski definition) is 0. The van der Waals surface area contributed by atoms with Crippen molar-refractivity contribution in [2.45, 2.75) is 32.2 Å². The predicted molar refractivity (Wildman–Crippen MR) is 97.3 cm³/mol. The van der Waals surface area contributed by atoms with Crippen molar-refractivity contribution in [1.29, 1.82) is 0 Å². The first-order chi connectivity index (χ1) is 12.8. The number of aryl methyl sites for hydroxylation is 1. The number of amides is 1. The molecule has 0 N–H and O–H groups in total. The maximum atomic E-state index is 12.8. The fourth-order valence-electron chi connectivity index (χ4n) is 2.82. The number of rotatable bonds is 6. The highest BCUT2D eigenvalue weighted by molar-refractivity contribution is 7.89.